The van der Waals surface area contributed by atoms with E-state index in [0.717, 1.165) is 5.76 Å². The van der Waals surface area contributed by atoms with Crippen LogP contribution in [0.4, 0.5) is 0 Å². The van der Waals surface area contributed by atoms with E-state index in [0.29, 0.717) is 17.9 Å². The van der Waals surface area contributed by atoms with Gasteiger partial charge in [-0.15, -0.1) is 0 Å². The number of rotatable bonds is 3. The van der Waals surface area contributed by atoms with Crippen molar-refractivity contribution in [1.29, 1.82) is 5.26 Å². The molecule has 90 valence electrons. The third-order valence-corrected chi connectivity index (χ3v) is 2.34. The molecule has 2 aromatic rings. The van der Waals surface area contributed by atoms with Crippen LogP contribution in [-0.4, -0.2) is 10.9 Å². The normalized spacial score (nSPS) is 9.78. The second-order valence-corrected chi connectivity index (χ2v) is 3.74. The molecule has 2 rings (SSSR count). The van der Waals surface area contributed by atoms with E-state index in [1.165, 1.54) is 12.3 Å². The van der Waals surface area contributed by atoms with Crippen molar-refractivity contribution in [2.45, 2.75) is 13.5 Å². The molecule has 0 unspecified atom stereocenters. The van der Waals surface area contributed by atoms with Crippen molar-refractivity contribution in [3.8, 4) is 6.07 Å². The molecule has 5 nitrogen and oxygen atoms in total. The molecule has 5 heteroatoms. The Balaban J connectivity index is 2.01. The fourth-order valence-electron chi connectivity index (χ4n) is 1.46. The van der Waals surface area contributed by atoms with Gasteiger partial charge < -0.3 is 9.73 Å². The van der Waals surface area contributed by atoms with Gasteiger partial charge in [0.1, 0.15) is 17.2 Å². The first-order chi connectivity index (χ1) is 8.69. The quantitative estimate of drug-likeness (QED) is 0.888. The highest BCUT2D eigenvalue weighted by Gasteiger charge is 2.08. The van der Waals surface area contributed by atoms with Gasteiger partial charge in [-0.05, 0) is 31.2 Å². The molecule has 0 atom stereocenters. The predicted octanol–water partition coefficient (Wildman–Crippen LogP) is 1.78. The second kappa shape index (κ2) is 5.15. The lowest BCUT2D eigenvalue weighted by Crippen LogP contribution is -2.23. The standard InChI is InChI=1S/C13H11N3O2/c1-9-2-3-11(18-9)8-16-13(17)12-6-10(7-14)4-5-15-12/h2-6H,8H2,1H3,(H,16,17). The van der Waals surface area contributed by atoms with Crippen LogP contribution in [0.1, 0.15) is 27.6 Å². The van der Waals surface area contributed by atoms with Crippen molar-refractivity contribution in [1.82, 2.24) is 10.3 Å². The molecule has 0 spiro atoms. The highest BCUT2D eigenvalue weighted by molar-refractivity contribution is 5.92. The molecule has 1 amide bonds. The highest BCUT2D eigenvalue weighted by Crippen LogP contribution is 2.06. The summed E-state index contributed by atoms with van der Waals surface area (Å²) in [5.74, 6) is 1.14. The van der Waals surface area contributed by atoms with Gasteiger partial charge in [-0.25, -0.2) is 0 Å². The third kappa shape index (κ3) is 2.74. The summed E-state index contributed by atoms with van der Waals surface area (Å²) in [7, 11) is 0. The van der Waals surface area contributed by atoms with Gasteiger partial charge in [0, 0.05) is 6.20 Å². The summed E-state index contributed by atoms with van der Waals surface area (Å²) in [6.07, 6.45) is 1.44. The summed E-state index contributed by atoms with van der Waals surface area (Å²) >= 11 is 0. The van der Waals surface area contributed by atoms with Crippen molar-refractivity contribution < 1.29 is 9.21 Å². The predicted molar refractivity (Wildman–Crippen MR) is 63.6 cm³/mol. The maximum absolute atomic E-state index is 11.8. The van der Waals surface area contributed by atoms with Gasteiger partial charge in [0.15, 0.2) is 0 Å². The maximum Gasteiger partial charge on any atom is 0.270 e. The lowest BCUT2D eigenvalue weighted by Gasteiger charge is -2.02. The lowest BCUT2D eigenvalue weighted by atomic mass is 10.2. The number of carbonyl (C=O) groups excluding carboxylic acids is 1. The smallest absolute Gasteiger partial charge is 0.270 e. The number of aryl methyl sites for hydroxylation is 1. The van der Waals surface area contributed by atoms with Crippen molar-refractivity contribution in [3.63, 3.8) is 0 Å². The summed E-state index contributed by atoms with van der Waals surface area (Å²) in [5.41, 5.74) is 0.626. The fourth-order valence-corrected chi connectivity index (χ4v) is 1.46. The van der Waals surface area contributed by atoms with Crippen LogP contribution >= 0.6 is 0 Å². The number of hydrogen-bond acceptors (Lipinski definition) is 4. The van der Waals surface area contributed by atoms with E-state index in [1.807, 2.05) is 19.1 Å². The van der Waals surface area contributed by atoms with E-state index in [2.05, 4.69) is 10.3 Å². The van der Waals surface area contributed by atoms with Crippen molar-refractivity contribution in [2.75, 3.05) is 0 Å². The van der Waals surface area contributed by atoms with Crippen LogP contribution in [0.25, 0.3) is 0 Å². The van der Waals surface area contributed by atoms with Gasteiger partial charge in [0.25, 0.3) is 5.91 Å². The average Bonchev–Trinajstić information content (AvgIpc) is 2.82. The van der Waals surface area contributed by atoms with Gasteiger partial charge in [-0.2, -0.15) is 5.26 Å². The number of nitrogens with zero attached hydrogens (tertiary/aromatic N) is 2. The highest BCUT2D eigenvalue weighted by atomic mass is 16.3. The van der Waals surface area contributed by atoms with Gasteiger partial charge in [0.05, 0.1) is 18.2 Å². The summed E-state index contributed by atoms with van der Waals surface area (Å²) in [6.45, 7) is 2.13. The molecule has 1 N–H and O–H groups in total. The molecule has 0 bridgehead atoms. The van der Waals surface area contributed by atoms with Crippen LogP contribution in [0.3, 0.4) is 0 Å². The molecule has 0 aromatic carbocycles. The van der Waals surface area contributed by atoms with E-state index >= 15 is 0 Å². The number of furan rings is 1. The van der Waals surface area contributed by atoms with E-state index in [1.54, 1.807) is 12.1 Å². The van der Waals surface area contributed by atoms with Crippen LogP contribution < -0.4 is 5.32 Å². The summed E-state index contributed by atoms with van der Waals surface area (Å²) in [5, 5.41) is 11.4. The van der Waals surface area contributed by atoms with Crippen LogP contribution in [-0.2, 0) is 6.54 Å². The molecule has 0 aliphatic rings. The fraction of sp³-hybridized carbons (Fsp3) is 0.154. The molecule has 0 saturated heterocycles. The number of aromatic nitrogens is 1. The van der Waals surface area contributed by atoms with E-state index in [9.17, 15) is 4.79 Å². The molecule has 2 heterocycles. The zero-order valence-electron chi connectivity index (χ0n) is 9.80. The van der Waals surface area contributed by atoms with Crippen molar-refractivity contribution >= 4 is 5.91 Å². The number of pyridine rings is 1. The molecule has 2 aromatic heterocycles. The molecule has 18 heavy (non-hydrogen) atoms. The molecule has 0 saturated carbocycles. The number of amides is 1. The van der Waals surface area contributed by atoms with E-state index in [4.69, 9.17) is 9.68 Å². The second-order valence-electron chi connectivity index (χ2n) is 3.74. The largest absolute Gasteiger partial charge is 0.465 e. The van der Waals surface area contributed by atoms with E-state index in [-0.39, 0.29) is 11.6 Å². The van der Waals surface area contributed by atoms with Crippen molar-refractivity contribution in [3.05, 3.63) is 53.2 Å². The molecule has 0 radical (unpaired) electrons. The minimum Gasteiger partial charge on any atom is -0.465 e. The Morgan fingerprint density at radius 3 is 3.00 bits per heavy atom. The van der Waals surface area contributed by atoms with Crippen LogP contribution in [0.15, 0.2) is 34.9 Å². The molecular formula is C13H11N3O2. The Morgan fingerprint density at radius 1 is 1.50 bits per heavy atom. The van der Waals surface area contributed by atoms with Crippen LogP contribution in [0.2, 0.25) is 0 Å². The summed E-state index contributed by atoms with van der Waals surface area (Å²) in [6, 6.07) is 8.59. The lowest BCUT2D eigenvalue weighted by molar-refractivity contribution is 0.0943. The Bertz CT molecular complexity index is 611. The molecule has 0 aliphatic carbocycles. The van der Waals surface area contributed by atoms with Gasteiger partial charge in [-0.1, -0.05) is 0 Å². The van der Waals surface area contributed by atoms with Gasteiger partial charge in [0.2, 0.25) is 0 Å². The zero-order valence-corrected chi connectivity index (χ0v) is 9.80. The Morgan fingerprint density at radius 2 is 2.33 bits per heavy atom. The number of nitrogens with one attached hydrogen (secondary N) is 1. The summed E-state index contributed by atoms with van der Waals surface area (Å²) in [4.78, 5) is 15.7. The third-order valence-electron chi connectivity index (χ3n) is 2.34. The SMILES string of the molecule is Cc1ccc(CNC(=O)c2cc(C#N)ccn2)o1. The first-order valence-corrected chi connectivity index (χ1v) is 5.38. The number of nitriles is 1. The number of hydrogen-bond donors (Lipinski definition) is 1. The van der Waals surface area contributed by atoms with Gasteiger partial charge in [-0.3, -0.25) is 9.78 Å². The molecule has 0 fully saturated rings. The Kier molecular flexibility index (Phi) is 3.39. The minimum absolute atomic E-state index is 0.220. The van der Waals surface area contributed by atoms with Crippen LogP contribution in [0, 0.1) is 18.3 Å². The molecular weight excluding hydrogens is 230 g/mol. The first-order valence-electron chi connectivity index (χ1n) is 5.38. The maximum atomic E-state index is 11.8. The van der Waals surface area contributed by atoms with Gasteiger partial charge >= 0.3 is 0 Å². The average molecular weight is 241 g/mol. The van der Waals surface area contributed by atoms with E-state index < -0.39 is 0 Å². The Hall–Kier alpha value is -2.61. The van der Waals surface area contributed by atoms with Crippen molar-refractivity contribution in [2.24, 2.45) is 0 Å². The Labute approximate surface area is 104 Å². The monoisotopic (exact) mass is 241 g/mol. The minimum atomic E-state index is -0.332. The summed E-state index contributed by atoms with van der Waals surface area (Å²) < 4.78 is 5.33. The number of carbonyl (C=O) groups is 1. The topological polar surface area (TPSA) is 78.9 Å². The molecule has 0 aliphatic heterocycles. The first kappa shape index (κ1) is 11.9. The van der Waals surface area contributed by atoms with Crippen LogP contribution in [0.5, 0.6) is 0 Å². The zero-order chi connectivity index (χ0) is 13.0.